The van der Waals surface area contributed by atoms with E-state index >= 15 is 0 Å². The molecule has 0 bridgehead atoms. The number of pyridine rings is 1. The molecule has 31 heavy (non-hydrogen) atoms. The van der Waals surface area contributed by atoms with Crippen molar-refractivity contribution in [2.24, 2.45) is 0 Å². The van der Waals surface area contributed by atoms with E-state index in [0.717, 1.165) is 60.7 Å². The molecule has 7 heteroatoms. The van der Waals surface area contributed by atoms with Gasteiger partial charge in [-0.2, -0.15) is 0 Å². The van der Waals surface area contributed by atoms with Gasteiger partial charge in [0.05, 0.1) is 17.7 Å². The van der Waals surface area contributed by atoms with Gasteiger partial charge < -0.3 is 14.4 Å². The quantitative estimate of drug-likeness (QED) is 0.685. The molecule has 0 radical (unpaired) electrons. The predicted molar refractivity (Wildman–Crippen MR) is 115 cm³/mol. The zero-order chi connectivity index (χ0) is 21.8. The number of aryl methyl sites for hydroxylation is 1. The van der Waals surface area contributed by atoms with E-state index < -0.39 is 18.0 Å². The molecule has 1 atom stereocenters. The van der Waals surface area contributed by atoms with E-state index in [1.165, 1.54) is 4.90 Å². The smallest absolute Gasteiger partial charge is 0.339 e. The van der Waals surface area contributed by atoms with Crippen LogP contribution in [-0.2, 0) is 31.9 Å². The molecule has 164 valence electrons. The van der Waals surface area contributed by atoms with E-state index in [-0.39, 0.29) is 19.1 Å². The Morgan fingerprint density at radius 1 is 1.06 bits per heavy atom. The highest BCUT2D eigenvalue weighted by Crippen LogP contribution is 2.30. The fraction of sp³-hybridized carbons (Fsp3) is 0.500. The van der Waals surface area contributed by atoms with Gasteiger partial charge in [0.25, 0.3) is 5.91 Å². The minimum Gasteiger partial charge on any atom is -0.464 e. The normalized spacial score (nSPS) is 18.4. The van der Waals surface area contributed by atoms with Crippen molar-refractivity contribution >= 4 is 28.7 Å². The third-order valence-electron chi connectivity index (χ3n) is 6.08. The van der Waals surface area contributed by atoms with Crippen LogP contribution in [0.3, 0.4) is 0 Å². The van der Waals surface area contributed by atoms with Crippen molar-refractivity contribution in [3.8, 4) is 0 Å². The summed E-state index contributed by atoms with van der Waals surface area (Å²) in [6.07, 6.45) is 5.93. The molecule has 0 unspecified atom stereocenters. The molecule has 2 aliphatic rings. The monoisotopic (exact) mass is 424 g/mol. The van der Waals surface area contributed by atoms with Crippen molar-refractivity contribution in [3.63, 3.8) is 0 Å². The number of hydrogen-bond donors (Lipinski definition) is 0. The van der Waals surface area contributed by atoms with Crippen LogP contribution in [0.4, 0.5) is 0 Å². The van der Waals surface area contributed by atoms with Crippen LogP contribution in [0.1, 0.15) is 60.6 Å². The maximum absolute atomic E-state index is 13.1. The first-order chi connectivity index (χ1) is 15.1. The van der Waals surface area contributed by atoms with Gasteiger partial charge in [-0.25, -0.2) is 9.59 Å². The first kappa shape index (κ1) is 21.3. The summed E-state index contributed by atoms with van der Waals surface area (Å²) in [4.78, 5) is 44.4. The second-order valence-electron chi connectivity index (χ2n) is 8.06. The number of rotatable bonds is 5. The number of aromatic nitrogens is 1. The Morgan fingerprint density at radius 2 is 1.87 bits per heavy atom. The molecule has 0 N–H and O–H groups in total. The zero-order valence-corrected chi connectivity index (χ0v) is 17.9. The molecule has 1 aliphatic carbocycles. The van der Waals surface area contributed by atoms with Gasteiger partial charge in [-0.3, -0.25) is 9.78 Å². The lowest BCUT2D eigenvalue weighted by Crippen LogP contribution is -2.50. The number of ether oxygens (including phenoxy) is 2. The van der Waals surface area contributed by atoms with Gasteiger partial charge in [-0.15, -0.1) is 0 Å². The van der Waals surface area contributed by atoms with E-state index in [4.69, 9.17) is 14.5 Å². The van der Waals surface area contributed by atoms with E-state index in [9.17, 15) is 14.4 Å². The minimum absolute atomic E-state index is 0.270. The molecule has 1 fully saturated rings. The number of fused-ring (bicyclic) bond motifs is 2. The average molecular weight is 424 g/mol. The molecule has 1 aromatic carbocycles. The SMILES string of the molecule is CCOC(=O)[C@H]1CCCCN1C(=O)COC(=O)c1c2c(nc3ccccc13)CCCC2. The molecule has 7 nitrogen and oxygen atoms in total. The molecule has 2 heterocycles. The summed E-state index contributed by atoms with van der Waals surface area (Å²) in [7, 11) is 0. The number of carbonyl (C=O) groups is 3. The van der Waals surface area contributed by atoms with Crippen molar-refractivity contribution in [2.45, 2.75) is 57.9 Å². The van der Waals surface area contributed by atoms with Gasteiger partial charge in [0.2, 0.25) is 0 Å². The number of amides is 1. The Kier molecular flexibility index (Phi) is 6.49. The highest BCUT2D eigenvalue weighted by Gasteiger charge is 2.34. The standard InChI is InChI=1S/C24H28N2O5/c1-2-30-23(28)20-13-7-8-14-26(20)21(27)15-31-24(29)22-16-9-3-5-11-18(16)25-19-12-6-4-10-17(19)22/h3,5,9,11,20H,2,4,6-8,10,12-15H2,1H3/t20-/m1/s1. The van der Waals surface area contributed by atoms with Crippen molar-refractivity contribution in [3.05, 3.63) is 41.1 Å². The van der Waals surface area contributed by atoms with Crippen molar-refractivity contribution in [1.82, 2.24) is 9.88 Å². The number of likely N-dealkylation sites (tertiary alicyclic amines) is 1. The lowest BCUT2D eigenvalue weighted by Gasteiger charge is -2.33. The Hall–Kier alpha value is -2.96. The lowest BCUT2D eigenvalue weighted by atomic mass is 9.90. The molecule has 0 saturated carbocycles. The number of esters is 2. The number of hydrogen-bond acceptors (Lipinski definition) is 6. The number of carbonyl (C=O) groups excluding carboxylic acids is 3. The van der Waals surface area contributed by atoms with Crippen LogP contribution in [0.25, 0.3) is 10.9 Å². The second kappa shape index (κ2) is 9.45. The Morgan fingerprint density at radius 3 is 2.71 bits per heavy atom. The molecule has 4 rings (SSSR count). The highest BCUT2D eigenvalue weighted by molar-refractivity contribution is 6.05. The largest absolute Gasteiger partial charge is 0.464 e. The van der Waals surface area contributed by atoms with Gasteiger partial charge in [-0.05, 0) is 63.5 Å². The number of nitrogens with zero attached hydrogens (tertiary/aromatic N) is 2. The third-order valence-corrected chi connectivity index (χ3v) is 6.08. The number of benzene rings is 1. The fourth-order valence-corrected chi connectivity index (χ4v) is 4.60. The van der Waals surface area contributed by atoms with Gasteiger partial charge >= 0.3 is 11.9 Å². The maximum atomic E-state index is 13.1. The summed E-state index contributed by atoms with van der Waals surface area (Å²) in [6, 6.07) is 6.93. The predicted octanol–water partition coefficient (Wildman–Crippen LogP) is 3.21. The van der Waals surface area contributed by atoms with Crippen LogP contribution in [-0.4, -0.2) is 53.5 Å². The van der Waals surface area contributed by atoms with E-state index in [2.05, 4.69) is 0 Å². The van der Waals surface area contributed by atoms with Crippen molar-refractivity contribution in [1.29, 1.82) is 0 Å². The van der Waals surface area contributed by atoms with Gasteiger partial charge in [-0.1, -0.05) is 18.2 Å². The molecule has 1 aromatic heterocycles. The van der Waals surface area contributed by atoms with Crippen LogP contribution in [0.2, 0.25) is 0 Å². The van der Waals surface area contributed by atoms with Gasteiger partial charge in [0.1, 0.15) is 6.04 Å². The highest BCUT2D eigenvalue weighted by atomic mass is 16.5. The summed E-state index contributed by atoms with van der Waals surface area (Å²) in [5, 5.41) is 0.753. The molecule has 0 spiro atoms. The molecule has 1 aliphatic heterocycles. The summed E-state index contributed by atoms with van der Waals surface area (Å²) < 4.78 is 10.6. The molecular formula is C24H28N2O5. The summed E-state index contributed by atoms with van der Waals surface area (Å²) in [5.41, 5.74) is 3.17. The van der Waals surface area contributed by atoms with E-state index in [1.54, 1.807) is 6.92 Å². The summed E-state index contributed by atoms with van der Waals surface area (Å²) in [5.74, 6) is -1.26. The van der Waals surface area contributed by atoms with E-state index in [1.807, 2.05) is 24.3 Å². The Balaban J connectivity index is 1.53. The third kappa shape index (κ3) is 4.40. The fourth-order valence-electron chi connectivity index (χ4n) is 4.60. The first-order valence-electron chi connectivity index (χ1n) is 11.1. The lowest BCUT2D eigenvalue weighted by molar-refractivity contribution is -0.157. The minimum atomic E-state index is -0.602. The van der Waals surface area contributed by atoms with Crippen LogP contribution < -0.4 is 0 Å². The van der Waals surface area contributed by atoms with Crippen molar-refractivity contribution in [2.75, 3.05) is 19.8 Å². The van der Waals surface area contributed by atoms with Gasteiger partial charge in [0.15, 0.2) is 6.61 Å². The average Bonchev–Trinajstić information content (AvgIpc) is 2.80. The van der Waals surface area contributed by atoms with E-state index in [0.29, 0.717) is 18.5 Å². The second-order valence-corrected chi connectivity index (χ2v) is 8.06. The van der Waals surface area contributed by atoms with Crippen LogP contribution >= 0.6 is 0 Å². The zero-order valence-electron chi connectivity index (χ0n) is 17.9. The summed E-state index contributed by atoms with van der Waals surface area (Å²) in [6.45, 7) is 2.09. The van der Waals surface area contributed by atoms with Crippen LogP contribution in [0, 0.1) is 0 Å². The maximum Gasteiger partial charge on any atom is 0.339 e. The van der Waals surface area contributed by atoms with Crippen molar-refractivity contribution < 1.29 is 23.9 Å². The first-order valence-corrected chi connectivity index (χ1v) is 11.1. The molecule has 1 amide bonds. The van der Waals surface area contributed by atoms with Gasteiger partial charge in [0, 0.05) is 17.6 Å². The Bertz CT molecular complexity index is 1000. The van der Waals surface area contributed by atoms with Crippen LogP contribution in [0.15, 0.2) is 24.3 Å². The topological polar surface area (TPSA) is 85.8 Å². The molecular weight excluding hydrogens is 396 g/mol. The number of piperidine rings is 1. The summed E-state index contributed by atoms with van der Waals surface area (Å²) >= 11 is 0. The Labute approximate surface area is 181 Å². The molecule has 1 saturated heterocycles. The van der Waals surface area contributed by atoms with Crippen LogP contribution in [0.5, 0.6) is 0 Å². The number of para-hydroxylation sites is 1. The molecule has 2 aromatic rings.